The number of halogens is 4. The Kier molecular flexibility index (Phi) is 6.28. The zero-order valence-electron chi connectivity index (χ0n) is 17.6. The molecule has 2 aliphatic heterocycles. The molecule has 4 rings (SSSR count). The Labute approximate surface area is 187 Å². The molecular formula is C21H23F4N5O3. The molecule has 1 aromatic heterocycles. The Hall–Kier alpha value is -3.15. The van der Waals surface area contributed by atoms with Gasteiger partial charge in [-0.15, -0.1) is 0 Å². The number of benzene rings is 1. The molecule has 2 aliphatic rings. The maximum absolute atomic E-state index is 13.7. The van der Waals surface area contributed by atoms with Crippen LogP contribution in [0.2, 0.25) is 0 Å². The zero-order valence-corrected chi connectivity index (χ0v) is 17.6. The molecule has 1 unspecified atom stereocenters. The quantitative estimate of drug-likeness (QED) is 0.694. The van der Waals surface area contributed by atoms with Gasteiger partial charge in [0.25, 0.3) is 0 Å². The van der Waals surface area contributed by atoms with E-state index in [-0.39, 0.29) is 18.7 Å². The number of alkyl halides is 4. The van der Waals surface area contributed by atoms with Gasteiger partial charge in [0.2, 0.25) is 0 Å². The van der Waals surface area contributed by atoms with Gasteiger partial charge in [-0.2, -0.15) is 23.0 Å². The van der Waals surface area contributed by atoms with Crippen LogP contribution in [0.3, 0.4) is 0 Å². The summed E-state index contributed by atoms with van der Waals surface area (Å²) in [6.07, 6.45) is -3.97. The van der Waals surface area contributed by atoms with Crippen molar-refractivity contribution >= 4 is 17.7 Å². The molecule has 3 heterocycles. The lowest BCUT2D eigenvalue weighted by atomic mass is 10.1. The van der Waals surface area contributed by atoms with Gasteiger partial charge in [-0.05, 0) is 30.2 Å². The lowest BCUT2D eigenvalue weighted by molar-refractivity contribution is -0.137. The summed E-state index contributed by atoms with van der Waals surface area (Å²) in [4.78, 5) is 28.7. The Morgan fingerprint density at radius 1 is 1.09 bits per heavy atom. The highest BCUT2D eigenvalue weighted by atomic mass is 19.4. The van der Waals surface area contributed by atoms with Crippen LogP contribution in [-0.4, -0.2) is 82.1 Å². The number of piperazine rings is 1. The fourth-order valence-electron chi connectivity index (χ4n) is 4.13. The minimum Gasteiger partial charge on any atom is -0.476 e. The first-order chi connectivity index (χ1) is 15.6. The lowest BCUT2D eigenvalue weighted by Crippen LogP contribution is -2.49. The normalized spacial score (nSPS) is 19.8. The van der Waals surface area contributed by atoms with E-state index in [1.807, 2.05) is 4.90 Å². The van der Waals surface area contributed by atoms with Gasteiger partial charge in [0, 0.05) is 57.7 Å². The van der Waals surface area contributed by atoms with E-state index in [9.17, 15) is 27.2 Å². The number of hydrogen-bond acceptors (Lipinski definition) is 5. The minimum atomic E-state index is -4.49. The van der Waals surface area contributed by atoms with Crippen molar-refractivity contribution in [2.75, 3.05) is 44.2 Å². The number of carboxylic acids is 1. The number of carbonyl (C=O) groups excluding carboxylic acids is 1. The zero-order chi connectivity index (χ0) is 23.8. The van der Waals surface area contributed by atoms with Crippen molar-refractivity contribution in [1.82, 2.24) is 19.6 Å². The molecule has 2 aromatic rings. The SMILES string of the molecule is O=C(O)c1ccn(C(=O)N2CCN(Cc3ccc(C(F)(F)F)cc3N3CCC(F)C3)CC2)n1. The van der Waals surface area contributed by atoms with Crippen LogP contribution < -0.4 is 4.90 Å². The highest BCUT2D eigenvalue weighted by Crippen LogP contribution is 2.35. The van der Waals surface area contributed by atoms with Crippen molar-refractivity contribution < 1.29 is 32.3 Å². The molecule has 0 spiro atoms. The molecule has 12 heteroatoms. The van der Waals surface area contributed by atoms with E-state index >= 15 is 0 Å². The predicted octanol–water partition coefficient (Wildman–Crippen LogP) is 2.93. The van der Waals surface area contributed by atoms with Crippen LogP contribution in [0, 0.1) is 0 Å². The summed E-state index contributed by atoms with van der Waals surface area (Å²) in [5.74, 6) is -1.23. The van der Waals surface area contributed by atoms with Crippen molar-refractivity contribution in [3.8, 4) is 0 Å². The number of aromatic carboxylic acids is 1. The van der Waals surface area contributed by atoms with E-state index in [1.54, 1.807) is 4.90 Å². The number of nitrogens with zero attached hydrogens (tertiary/aromatic N) is 5. The van der Waals surface area contributed by atoms with Crippen LogP contribution in [0.5, 0.6) is 0 Å². The summed E-state index contributed by atoms with van der Waals surface area (Å²) >= 11 is 0. The summed E-state index contributed by atoms with van der Waals surface area (Å²) in [5, 5.41) is 12.7. The van der Waals surface area contributed by atoms with Crippen molar-refractivity contribution in [2.45, 2.75) is 25.3 Å². The molecule has 0 aliphatic carbocycles. The molecule has 8 nitrogen and oxygen atoms in total. The van der Waals surface area contributed by atoms with E-state index in [0.717, 1.165) is 16.8 Å². The van der Waals surface area contributed by atoms with Crippen LogP contribution in [-0.2, 0) is 12.7 Å². The number of carbonyl (C=O) groups is 2. The topological polar surface area (TPSA) is 81.9 Å². The van der Waals surface area contributed by atoms with Crippen LogP contribution in [0.15, 0.2) is 30.5 Å². The van der Waals surface area contributed by atoms with E-state index in [1.165, 1.54) is 23.2 Å². The predicted molar refractivity (Wildman–Crippen MR) is 110 cm³/mol. The van der Waals surface area contributed by atoms with Crippen molar-refractivity contribution in [1.29, 1.82) is 0 Å². The number of carboxylic acid groups (broad SMARTS) is 1. The molecule has 2 saturated heterocycles. The second kappa shape index (κ2) is 9.00. The molecule has 33 heavy (non-hydrogen) atoms. The second-order valence-electron chi connectivity index (χ2n) is 8.17. The first-order valence-electron chi connectivity index (χ1n) is 10.5. The highest BCUT2D eigenvalue weighted by molar-refractivity contribution is 5.86. The van der Waals surface area contributed by atoms with Crippen LogP contribution in [0.1, 0.15) is 28.0 Å². The Morgan fingerprint density at radius 3 is 2.39 bits per heavy atom. The molecule has 1 N–H and O–H groups in total. The van der Waals surface area contributed by atoms with E-state index in [0.29, 0.717) is 50.5 Å². The summed E-state index contributed by atoms with van der Waals surface area (Å²) in [6, 6.07) is 4.37. The standard InChI is InChI=1S/C21H23F4N5O3/c22-16-3-5-29(13-16)18-11-15(21(23,24)25)2-1-14(18)12-27-7-9-28(10-8-27)20(33)30-6-4-17(26-30)19(31)32/h1-2,4,6,11,16H,3,5,7-10,12-13H2,(H,31,32). The minimum absolute atomic E-state index is 0.0682. The van der Waals surface area contributed by atoms with E-state index in [4.69, 9.17) is 5.11 Å². The number of anilines is 1. The fraction of sp³-hybridized carbons (Fsp3) is 0.476. The van der Waals surface area contributed by atoms with Crippen molar-refractivity contribution in [3.63, 3.8) is 0 Å². The number of hydrogen-bond donors (Lipinski definition) is 1. The van der Waals surface area contributed by atoms with Gasteiger partial charge in [0.15, 0.2) is 5.69 Å². The van der Waals surface area contributed by atoms with Crippen LogP contribution in [0.25, 0.3) is 0 Å². The van der Waals surface area contributed by atoms with Gasteiger partial charge >= 0.3 is 18.2 Å². The number of amides is 1. The molecule has 178 valence electrons. The molecule has 2 fully saturated rings. The second-order valence-corrected chi connectivity index (χ2v) is 8.17. The largest absolute Gasteiger partial charge is 0.476 e. The monoisotopic (exact) mass is 469 g/mol. The van der Waals surface area contributed by atoms with Crippen LogP contribution in [0.4, 0.5) is 28.0 Å². The summed E-state index contributed by atoms with van der Waals surface area (Å²) in [7, 11) is 0. The first-order valence-corrected chi connectivity index (χ1v) is 10.5. The molecule has 1 atom stereocenters. The molecule has 1 amide bonds. The van der Waals surface area contributed by atoms with Gasteiger partial charge in [0.1, 0.15) is 6.17 Å². The van der Waals surface area contributed by atoms with Gasteiger partial charge in [-0.3, -0.25) is 4.90 Å². The Morgan fingerprint density at radius 2 is 1.82 bits per heavy atom. The van der Waals surface area contributed by atoms with Crippen molar-refractivity contribution in [3.05, 3.63) is 47.3 Å². The summed E-state index contributed by atoms with van der Waals surface area (Å²) in [5.41, 5.74) is 0.0736. The highest BCUT2D eigenvalue weighted by Gasteiger charge is 2.33. The third-order valence-electron chi connectivity index (χ3n) is 5.92. The molecule has 0 radical (unpaired) electrons. The third-order valence-corrected chi connectivity index (χ3v) is 5.92. The van der Waals surface area contributed by atoms with Gasteiger partial charge in [-0.25, -0.2) is 14.0 Å². The first kappa shape index (κ1) is 23.0. The summed E-state index contributed by atoms with van der Waals surface area (Å²) < 4.78 is 54.5. The number of aromatic nitrogens is 2. The molecule has 0 bridgehead atoms. The fourth-order valence-corrected chi connectivity index (χ4v) is 4.13. The molecule has 1 aromatic carbocycles. The summed E-state index contributed by atoms with van der Waals surface area (Å²) in [6.45, 7) is 2.46. The lowest BCUT2D eigenvalue weighted by Gasteiger charge is -2.35. The van der Waals surface area contributed by atoms with Gasteiger partial charge < -0.3 is 14.9 Å². The maximum Gasteiger partial charge on any atom is 0.416 e. The molecular weight excluding hydrogens is 446 g/mol. The Balaban J connectivity index is 1.43. The van der Waals surface area contributed by atoms with E-state index < -0.39 is 29.9 Å². The van der Waals surface area contributed by atoms with Crippen LogP contribution >= 0.6 is 0 Å². The Bertz CT molecular complexity index is 1030. The van der Waals surface area contributed by atoms with E-state index in [2.05, 4.69) is 5.10 Å². The third kappa shape index (κ3) is 5.10. The van der Waals surface area contributed by atoms with Gasteiger partial charge in [0.05, 0.1) is 5.56 Å². The smallest absolute Gasteiger partial charge is 0.416 e. The maximum atomic E-state index is 13.7. The van der Waals surface area contributed by atoms with Crippen molar-refractivity contribution in [2.24, 2.45) is 0 Å². The average Bonchev–Trinajstić information content (AvgIpc) is 3.43. The van der Waals surface area contributed by atoms with Gasteiger partial charge in [-0.1, -0.05) is 6.07 Å². The average molecular weight is 469 g/mol. The number of rotatable bonds is 4. The molecule has 0 saturated carbocycles.